The Bertz CT molecular complexity index is 629. The second-order valence-corrected chi connectivity index (χ2v) is 5.24. The largest absolute Gasteiger partial charge is 0.389 e. The van der Waals surface area contributed by atoms with Gasteiger partial charge in [-0.2, -0.15) is 0 Å². The summed E-state index contributed by atoms with van der Waals surface area (Å²) in [6.07, 6.45) is 3.03. The summed E-state index contributed by atoms with van der Waals surface area (Å²) in [7, 11) is 0. The number of benzene rings is 2. The molecule has 0 unspecified atom stereocenters. The number of hydrogen-bond acceptors (Lipinski definition) is 2. The Morgan fingerprint density at radius 1 is 1.10 bits per heavy atom. The zero-order chi connectivity index (χ0) is 15.1. The van der Waals surface area contributed by atoms with Gasteiger partial charge in [0, 0.05) is 18.7 Å². The van der Waals surface area contributed by atoms with Gasteiger partial charge in [-0.15, -0.1) is 0 Å². The highest BCUT2D eigenvalue weighted by molar-refractivity contribution is 5.85. The zero-order valence-electron chi connectivity index (χ0n) is 12.3. The third-order valence-electron chi connectivity index (χ3n) is 3.55. The van der Waals surface area contributed by atoms with Crippen molar-refractivity contribution in [1.29, 1.82) is 0 Å². The average Bonchev–Trinajstić information content (AvgIpc) is 2.49. The molecule has 0 heterocycles. The van der Waals surface area contributed by atoms with Crippen LogP contribution in [0.2, 0.25) is 0 Å². The predicted molar refractivity (Wildman–Crippen MR) is 87.8 cm³/mol. The van der Waals surface area contributed by atoms with E-state index in [9.17, 15) is 4.79 Å². The molecular formula is C18H22N2O. The molecule has 2 aromatic carbocycles. The Morgan fingerprint density at radius 2 is 1.86 bits per heavy atom. The van der Waals surface area contributed by atoms with Crippen molar-refractivity contribution in [2.24, 2.45) is 5.73 Å². The summed E-state index contributed by atoms with van der Waals surface area (Å²) >= 11 is 0. The van der Waals surface area contributed by atoms with E-state index in [1.807, 2.05) is 0 Å². The highest BCUT2D eigenvalue weighted by Gasteiger charge is 2.01. The Morgan fingerprint density at radius 3 is 2.67 bits per heavy atom. The lowest BCUT2D eigenvalue weighted by Crippen LogP contribution is -2.17. The molecule has 3 N–H and O–H groups in total. The minimum Gasteiger partial charge on any atom is -0.389 e. The van der Waals surface area contributed by atoms with Gasteiger partial charge in [0.25, 0.3) is 0 Å². The summed E-state index contributed by atoms with van der Waals surface area (Å²) in [6.45, 7) is 4.76. The first kappa shape index (κ1) is 15.1. The first-order valence-corrected chi connectivity index (χ1v) is 7.33. The summed E-state index contributed by atoms with van der Waals surface area (Å²) in [6, 6.07) is 14.9. The maximum absolute atomic E-state index is 10.7. The second kappa shape index (κ2) is 7.48. The van der Waals surface area contributed by atoms with Crippen molar-refractivity contribution in [3.8, 4) is 0 Å². The SMILES string of the molecule is C=C(CCC(N)=O)NCCCc1cccc2ccccc12. The molecule has 0 saturated heterocycles. The van der Waals surface area contributed by atoms with Crippen molar-refractivity contribution in [2.45, 2.75) is 25.7 Å². The number of nitrogens with two attached hydrogens (primary N) is 1. The molecule has 0 aliphatic rings. The smallest absolute Gasteiger partial charge is 0.217 e. The fourth-order valence-corrected chi connectivity index (χ4v) is 2.42. The first-order chi connectivity index (χ1) is 10.2. The minimum atomic E-state index is -0.284. The number of aryl methyl sites for hydroxylation is 1. The van der Waals surface area contributed by atoms with Gasteiger partial charge in [0.15, 0.2) is 0 Å². The van der Waals surface area contributed by atoms with Gasteiger partial charge in [0.05, 0.1) is 0 Å². The molecule has 3 heteroatoms. The molecular weight excluding hydrogens is 260 g/mol. The Balaban J connectivity index is 1.80. The van der Waals surface area contributed by atoms with Gasteiger partial charge in [0.1, 0.15) is 0 Å². The number of fused-ring (bicyclic) bond motifs is 1. The normalized spacial score (nSPS) is 10.5. The van der Waals surface area contributed by atoms with Crippen LogP contribution in [-0.4, -0.2) is 12.5 Å². The van der Waals surface area contributed by atoms with E-state index in [4.69, 9.17) is 5.73 Å². The van der Waals surface area contributed by atoms with Crippen LogP contribution in [0.15, 0.2) is 54.7 Å². The van der Waals surface area contributed by atoms with E-state index in [2.05, 4.69) is 54.4 Å². The Hall–Kier alpha value is -2.29. The van der Waals surface area contributed by atoms with Crippen LogP contribution >= 0.6 is 0 Å². The summed E-state index contributed by atoms with van der Waals surface area (Å²) in [5.41, 5.74) is 7.37. The van der Waals surface area contributed by atoms with E-state index < -0.39 is 0 Å². The number of rotatable bonds is 8. The average molecular weight is 282 g/mol. The van der Waals surface area contributed by atoms with Gasteiger partial charge in [-0.25, -0.2) is 0 Å². The van der Waals surface area contributed by atoms with Gasteiger partial charge < -0.3 is 11.1 Å². The van der Waals surface area contributed by atoms with Gasteiger partial charge in [-0.05, 0) is 35.6 Å². The molecule has 0 fully saturated rings. The van der Waals surface area contributed by atoms with Crippen LogP contribution in [0.1, 0.15) is 24.8 Å². The third-order valence-corrected chi connectivity index (χ3v) is 3.55. The molecule has 2 rings (SSSR count). The van der Waals surface area contributed by atoms with Crippen molar-refractivity contribution in [3.63, 3.8) is 0 Å². The number of hydrogen-bond donors (Lipinski definition) is 2. The van der Waals surface area contributed by atoms with E-state index >= 15 is 0 Å². The molecule has 2 aromatic rings. The van der Waals surface area contributed by atoms with E-state index in [-0.39, 0.29) is 5.91 Å². The van der Waals surface area contributed by atoms with Crippen LogP contribution in [0, 0.1) is 0 Å². The van der Waals surface area contributed by atoms with Crippen LogP contribution in [0.25, 0.3) is 10.8 Å². The summed E-state index contributed by atoms with van der Waals surface area (Å²) in [5.74, 6) is -0.284. The standard InChI is InChI=1S/C18H22N2O/c1-14(11-12-18(19)21)20-13-5-9-16-8-4-7-15-6-2-3-10-17(15)16/h2-4,6-8,10,20H,1,5,9,11-13H2,(H2,19,21). The number of amides is 1. The number of carbonyl (C=O) groups is 1. The maximum Gasteiger partial charge on any atom is 0.217 e. The lowest BCUT2D eigenvalue weighted by atomic mass is 10.0. The molecule has 0 aliphatic carbocycles. The van der Waals surface area contributed by atoms with Gasteiger partial charge >= 0.3 is 0 Å². The molecule has 0 aromatic heterocycles. The summed E-state index contributed by atoms with van der Waals surface area (Å²) in [5, 5.41) is 5.87. The van der Waals surface area contributed by atoms with Crippen molar-refractivity contribution in [3.05, 3.63) is 60.3 Å². The lowest BCUT2D eigenvalue weighted by Gasteiger charge is -2.10. The van der Waals surface area contributed by atoms with Crippen LogP contribution in [0.4, 0.5) is 0 Å². The highest BCUT2D eigenvalue weighted by atomic mass is 16.1. The van der Waals surface area contributed by atoms with E-state index in [0.29, 0.717) is 12.8 Å². The van der Waals surface area contributed by atoms with Crippen LogP contribution in [0.3, 0.4) is 0 Å². The molecule has 0 bridgehead atoms. The number of nitrogens with one attached hydrogen (secondary N) is 1. The summed E-state index contributed by atoms with van der Waals surface area (Å²) < 4.78 is 0. The molecule has 0 saturated carbocycles. The number of allylic oxidation sites excluding steroid dienone is 1. The van der Waals surface area contributed by atoms with E-state index in [0.717, 1.165) is 25.1 Å². The van der Waals surface area contributed by atoms with Gasteiger partial charge in [-0.1, -0.05) is 49.0 Å². The number of carbonyl (C=O) groups excluding carboxylic acids is 1. The summed E-state index contributed by atoms with van der Waals surface area (Å²) in [4.78, 5) is 10.7. The molecule has 0 radical (unpaired) electrons. The van der Waals surface area contributed by atoms with Crippen molar-refractivity contribution in [2.75, 3.05) is 6.54 Å². The van der Waals surface area contributed by atoms with Crippen molar-refractivity contribution >= 4 is 16.7 Å². The highest BCUT2D eigenvalue weighted by Crippen LogP contribution is 2.19. The fourth-order valence-electron chi connectivity index (χ4n) is 2.42. The van der Waals surface area contributed by atoms with Gasteiger partial charge in [0.2, 0.25) is 5.91 Å². The molecule has 1 amide bonds. The van der Waals surface area contributed by atoms with Crippen molar-refractivity contribution < 1.29 is 4.79 Å². The molecule has 0 atom stereocenters. The topological polar surface area (TPSA) is 55.1 Å². The minimum absolute atomic E-state index is 0.284. The molecule has 3 nitrogen and oxygen atoms in total. The maximum atomic E-state index is 10.7. The Labute approximate surface area is 125 Å². The monoisotopic (exact) mass is 282 g/mol. The Kier molecular flexibility index (Phi) is 5.38. The molecule has 21 heavy (non-hydrogen) atoms. The lowest BCUT2D eigenvalue weighted by molar-refractivity contribution is -0.118. The molecule has 110 valence electrons. The van der Waals surface area contributed by atoms with Crippen LogP contribution in [-0.2, 0) is 11.2 Å². The van der Waals surface area contributed by atoms with E-state index in [1.165, 1.54) is 16.3 Å². The fraction of sp³-hybridized carbons (Fsp3) is 0.278. The van der Waals surface area contributed by atoms with E-state index in [1.54, 1.807) is 0 Å². The van der Waals surface area contributed by atoms with Gasteiger partial charge in [-0.3, -0.25) is 4.79 Å². The first-order valence-electron chi connectivity index (χ1n) is 7.33. The molecule has 0 spiro atoms. The van der Waals surface area contributed by atoms with Crippen LogP contribution < -0.4 is 11.1 Å². The quantitative estimate of drug-likeness (QED) is 0.731. The predicted octanol–water partition coefficient (Wildman–Crippen LogP) is 3.14. The third kappa shape index (κ3) is 4.63. The van der Waals surface area contributed by atoms with Crippen molar-refractivity contribution in [1.82, 2.24) is 5.32 Å². The second-order valence-electron chi connectivity index (χ2n) is 5.24. The van der Waals surface area contributed by atoms with Crippen LogP contribution in [0.5, 0.6) is 0 Å². The molecule has 0 aliphatic heterocycles. The number of primary amides is 1. The zero-order valence-corrected chi connectivity index (χ0v) is 12.3.